The molecule has 0 saturated heterocycles. The lowest BCUT2D eigenvalue weighted by atomic mass is 10.2. The van der Waals surface area contributed by atoms with E-state index in [1.165, 1.54) is 11.8 Å². The Bertz CT molecular complexity index is 868. The van der Waals surface area contributed by atoms with Crippen molar-refractivity contribution >= 4 is 35.3 Å². The molecule has 3 rings (SSSR count). The van der Waals surface area contributed by atoms with Crippen molar-refractivity contribution in [3.05, 3.63) is 53.6 Å². The van der Waals surface area contributed by atoms with E-state index in [-0.39, 0.29) is 17.7 Å². The van der Waals surface area contributed by atoms with Crippen LogP contribution in [0, 0.1) is 0 Å². The van der Waals surface area contributed by atoms with Crippen LogP contribution < -0.4 is 10.1 Å². The number of carbonyl (C=O) groups excluding carboxylic acids is 1. The standard InChI is InChI=1S/C17H14ClN3O3S/c1-23-13-4-2-3-11(9-13)16-20-21-17(24-16)19-15(22)10-25-14-7-5-12(18)6-8-14/h2-9H,10H2,1H3,(H,19,21,22). The molecule has 128 valence electrons. The van der Waals surface area contributed by atoms with Crippen molar-refractivity contribution < 1.29 is 13.9 Å². The zero-order valence-electron chi connectivity index (χ0n) is 13.2. The van der Waals surface area contributed by atoms with Crippen LogP contribution in [0.4, 0.5) is 6.01 Å². The zero-order valence-corrected chi connectivity index (χ0v) is 14.8. The summed E-state index contributed by atoms with van der Waals surface area (Å²) in [7, 11) is 1.58. The predicted molar refractivity (Wildman–Crippen MR) is 97.1 cm³/mol. The molecular formula is C17H14ClN3O3S. The number of nitrogens with one attached hydrogen (secondary N) is 1. The van der Waals surface area contributed by atoms with E-state index in [4.69, 9.17) is 20.8 Å². The summed E-state index contributed by atoms with van der Waals surface area (Å²) >= 11 is 7.22. The molecule has 3 aromatic rings. The minimum absolute atomic E-state index is 0.0551. The molecule has 0 spiro atoms. The fourth-order valence-corrected chi connectivity index (χ4v) is 2.81. The van der Waals surface area contributed by atoms with Crippen molar-refractivity contribution in [3.63, 3.8) is 0 Å². The van der Waals surface area contributed by atoms with Gasteiger partial charge in [-0.1, -0.05) is 22.8 Å². The molecule has 2 aromatic carbocycles. The van der Waals surface area contributed by atoms with Crippen LogP contribution in [0.1, 0.15) is 0 Å². The van der Waals surface area contributed by atoms with E-state index in [0.717, 1.165) is 4.90 Å². The van der Waals surface area contributed by atoms with Crippen molar-refractivity contribution in [2.24, 2.45) is 0 Å². The molecule has 0 atom stereocenters. The van der Waals surface area contributed by atoms with Crippen LogP contribution in [0.15, 0.2) is 57.8 Å². The average Bonchev–Trinajstić information content (AvgIpc) is 3.10. The lowest BCUT2D eigenvalue weighted by Gasteiger charge is -2.02. The van der Waals surface area contributed by atoms with Gasteiger partial charge in [-0.3, -0.25) is 10.1 Å². The number of amides is 1. The first-order chi connectivity index (χ1) is 12.1. The summed E-state index contributed by atoms with van der Waals surface area (Å²) in [6.07, 6.45) is 0. The molecule has 0 bridgehead atoms. The third kappa shape index (κ3) is 4.74. The summed E-state index contributed by atoms with van der Waals surface area (Å²) in [5.41, 5.74) is 0.711. The number of methoxy groups -OCH3 is 1. The van der Waals surface area contributed by atoms with Gasteiger partial charge in [-0.25, -0.2) is 0 Å². The van der Waals surface area contributed by atoms with Crippen molar-refractivity contribution in [2.45, 2.75) is 4.90 Å². The Morgan fingerprint density at radius 1 is 1.24 bits per heavy atom. The molecule has 25 heavy (non-hydrogen) atoms. The smallest absolute Gasteiger partial charge is 0.322 e. The Balaban J connectivity index is 1.58. The van der Waals surface area contributed by atoms with Gasteiger partial charge in [0, 0.05) is 15.5 Å². The maximum absolute atomic E-state index is 12.0. The minimum Gasteiger partial charge on any atom is -0.497 e. The molecule has 1 aromatic heterocycles. The summed E-state index contributed by atoms with van der Waals surface area (Å²) in [5.74, 6) is 0.972. The zero-order chi connectivity index (χ0) is 17.6. The molecule has 8 heteroatoms. The van der Waals surface area contributed by atoms with Gasteiger partial charge < -0.3 is 9.15 Å². The van der Waals surface area contributed by atoms with Crippen molar-refractivity contribution in [1.82, 2.24) is 10.2 Å². The number of halogens is 1. The molecule has 0 fully saturated rings. The average molecular weight is 376 g/mol. The number of thioether (sulfide) groups is 1. The van der Waals surface area contributed by atoms with Crippen LogP contribution in [0.5, 0.6) is 5.75 Å². The van der Waals surface area contributed by atoms with E-state index in [0.29, 0.717) is 22.2 Å². The molecule has 1 heterocycles. The molecule has 0 radical (unpaired) electrons. The molecule has 6 nitrogen and oxygen atoms in total. The predicted octanol–water partition coefficient (Wildman–Crippen LogP) is 4.13. The first kappa shape index (κ1) is 17.3. The quantitative estimate of drug-likeness (QED) is 0.653. The highest BCUT2D eigenvalue weighted by Gasteiger charge is 2.12. The Morgan fingerprint density at radius 2 is 2.04 bits per heavy atom. The highest BCUT2D eigenvalue weighted by atomic mass is 35.5. The first-order valence-electron chi connectivity index (χ1n) is 7.30. The summed E-state index contributed by atoms with van der Waals surface area (Å²) < 4.78 is 10.6. The van der Waals surface area contributed by atoms with Crippen LogP contribution in [0.2, 0.25) is 5.02 Å². The van der Waals surface area contributed by atoms with Crippen LogP contribution in [0.25, 0.3) is 11.5 Å². The minimum atomic E-state index is -0.235. The van der Waals surface area contributed by atoms with Gasteiger partial charge in [0.2, 0.25) is 11.8 Å². The van der Waals surface area contributed by atoms with E-state index < -0.39 is 0 Å². The number of aromatic nitrogens is 2. The number of carbonyl (C=O) groups is 1. The van der Waals surface area contributed by atoms with E-state index in [9.17, 15) is 4.79 Å². The molecule has 0 aliphatic heterocycles. The molecule has 1 amide bonds. The van der Waals surface area contributed by atoms with Crippen LogP contribution in [0.3, 0.4) is 0 Å². The molecule has 0 aliphatic rings. The second-order valence-electron chi connectivity index (χ2n) is 4.94. The van der Waals surface area contributed by atoms with Crippen LogP contribution in [-0.4, -0.2) is 29.0 Å². The molecular weight excluding hydrogens is 362 g/mol. The highest BCUT2D eigenvalue weighted by Crippen LogP contribution is 2.24. The summed E-state index contributed by atoms with van der Waals surface area (Å²) in [6, 6.07) is 14.5. The largest absolute Gasteiger partial charge is 0.497 e. The highest BCUT2D eigenvalue weighted by molar-refractivity contribution is 8.00. The fraction of sp³-hybridized carbons (Fsp3) is 0.118. The fourth-order valence-electron chi connectivity index (χ4n) is 1.98. The number of rotatable bonds is 6. The van der Waals surface area contributed by atoms with Gasteiger partial charge in [0.15, 0.2) is 0 Å². The Kier molecular flexibility index (Phi) is 5.57. The Labute approximate surface area is 153 Å². The Hall–Kier alpha value is -2.51. The van der Waals surface area contributed by atoms with Gasteiger partial charge in [0.05, 0.1) is 12.9 Å². The third-order valence-corrected chi connectivity index (χ3v) is 4.44. The maximum atomic E-state index is 12.0. The normalized spacial score (nSPS) is 10.5. The first-order valence-corrected chi connectivity index (χ1v) is 8.66. The van der Waals surface area contributed by atoms with Crippen LogP contribution in [-0.2, 0) is 4.79 Å². The second-order valence-corrected chi connectivity index (χ2v) is 6.42. The van der Waals surface area contributed by atoms with E-state index in [2.05, 4.69) is 15.5 Å². The van der Waals surface area contributed by atoms with Crippen molar-refractivity contribution in [1.29, 1.82) is 0 Å². The van der Waals surface area contributed by atoms with E-state index >= 15 is 0 Å². The summed E-state index contributed by atoms with van der Waals surface area (Å²) in [5, 5.41) is 11.0. The van der Waals surface area contributed by atoms with Gasteiger partial charge in [-0.15, -0.1) is 16.9 Å². The maximum Gasteiger partial charge on any atom is 0.322 e. The number of hydrogen-bond donors (Lipinski definition) is 1. The second kappa shape index (κ2) is 8.04. The lowest BCUT2D eigenvalue weighted by molar-refractivity contribution is -0.113. The van der Waals surface area contributed by atoms with Gasteiger partial charge in [0.25, 0.3) is 0 Å². The number of benzene rings is 2. The monoisotopic (exact) mass is 375 g/mol. The van der Waals surface area contributed by atoms with E-state index in [1.807, 2.05) is 30.3 Å². The molecule has 0 unspecified atom stereocenters. The van der Waals surface area contributed by atoms with Crippen molar-refractivity contribution in [2.75, 3.05) is 18.2 Å². The number of anilines is 1. The molecule has 1 N–H and O–H groups in total. The topological polar surface area (TPSA) is 77.3 Å². The lowest BCUT2D eigenvalue weighted by Crippen LogP contribution is -2.14. The number of ether oxygens (including phenoxy) is 1. The van der Waals surface area contributed by atoms with Crippen LogP contribution >= 0.6 is 23.4 Å². The molecule has 0 saturated carbocycles. The van der Waals surface area contributed by atoms with Gasteiger partial charge in [0.1, 0.15) is 5.75 Å². The van der Waals surface area contributed by atoms with Gasteiger partial charge in [-0.05, 0) is 42.5 Å². The number of hydrogen-bond acceptors (Lipinski definition) is 6. The van der Waals surface area contributed by atoms with E-state index in [1.54, 1.807) is 25.3 Å². The third-order valence-electron chi connectivity index (χ3n) is 3.17. The van der Waals surface area contributed by atoms with Gasteiger partial charge in [-0.2, -0.15) is 0 Å². The summed E-state index contributed by atoms with van der Waals surface area (Å²) in [6.45, 7) is 0. The molecule has 0 aliphatic carbocycles. The van der Waals surface area contributed by atoms with Crippen molar-refractivity contribution in [3.8, 4) is 17.2 Å². The Morgan fingerprint density at radius 3 is 2.80 bits per heavy atom. The number of nitrogens with zero attached hydrogens (tertiary/aromatic N) is 2. The SMILES string of the molecule is COc1cccc(-c2nnc(NC(=O)CSc3ccc(Cl)cc3)o2)c1. The van der Waals surface area contributed by atoms with Gasteiger partial charge >= 0.3 is 6.01 Å². The summed E-state index contributed by atoms with van der Waals surface area (Å²) in [4.78, 5) is 12.9.